The molecule has 8 nitrogen and oxygen atoms in total. The highest BCUT2D eigenvalue weighted by atomic mass is 16.5. The maximum absolute atomic E-state index is 12.5. The first-order valence-electron chi connectivity index (χ1n) is 7.73. The van der Waals surface area contributed by atoms with Gasteiger partial charge in [0.2, 0.25) is 11.8 Å². The summed E-state index contributed by atoms with van der Waals surface area (Å²) >= 11 is 0. The van der Waals surface area contributed by atoms with Gasteiger partial charge in [0.15, 0.2) is 0 Å². The number of carbonyl (C=O) groups is 3. The van der Waals surface area contributed by atoms with Crippen LogP contribution in [0.15, 0.2) is 24.3 Å². The van der Waals surface area contributed by atoms with Crippen molar-refractivity contribution in [3.05, 3.63) is 29.8 Å². The highest BCUT2D eigenvalue weighted by molar-refractivity contribution is 5.95. The predicted molar refractivity (Wildman–Crippen MR) is 87.5 cm³/mol. The lowest BCUT2D eigenvalue weighted by atomic mass is 10.1. The molecule has 8 heteroatoms. The van der Waals surface area contributed by atoms with Gasteiger partial charge >= 0.3 is 0 Å². The second-order valence-corrected chi connectivity index (χ2v) is 5.39. The number of piperazine rings is 1. The standard InChI is InChI=1S/C16H22N4O4/c1-24-13-4-2-3-12(9-13)16(23)20-7-5-19(6-8-20)15(22)11-18-14(21)10-17/h2-4,9H,5-8,10-11,17H2,1H3,(H,18,21). The molecule has 1 aromatic carbocycles. The molecule has 1 heterocycles. The van der Waals surface area contributed by atoms with Crippen molar-refractivity contribution in [3.8, 4) is 5.75 Å². The Hall–Kier alpha value is -2.61. The van der Waals surface area contributed by atoms with Crippen molar-refractivity contribution in [2.24, 2.45) is 5.73 Å². The van der Waals surface area contributed by atoms with E-state index >= 15 is 0 Å². The van der Waals surface area contributed by atoms with Gasteiger partial charge in [-0.05, 0) is 18.2 Å². The van der Waals surface area contributed by atoms with Crippen molar-refractivity contribution >= 4 is 17.7 Å². The molecule has 3 amide bonds. The number of nitrogens with zero attached hydrogens (tertiary/aromatic N) is 2. The minimum absolute atomic E-state index is 0.0696. The lowest BCUT2D eigenvalue weighted by Gasteiger charge is -2.34. The summed E-state index contributed by atoms with van der Waals surface area (Å²) in [6, 6.07) is 6.99. The SMILES string of the molecule is COc1cccc(C(=O)N2CCN(C(=O)CNC(=O)CN)CC2)c1. The molecule has 1 aliphatic rings. The zero-order valence-electron chi connectivity index (χ0n) is 13.7. The molecule has 3 N–H and O–H groups in total. The van der Waals surface area contributed by atoms with Crippen LogP contribution in [0.25, 0.3) is 0 Å². The van der Waals surface area contributed by atoms with E-state index in [0.29, 0.717) is 37.5 Å². The Morgan fingerprint density at radius 2 is 1.83 bits per heavy atom. The highest BCUT2D eigenvalue weighted by Gasteiger charge is 2.25. The molecular formula is C16H22N4O4. The van der Waals surface area contributed by atoms with Gasteiger partial charge in [-0.25, -0.2) is 0 Å². The Bertz CT molecular complexity index is 612. The molecule has 0 saturated carbocycles. The Balaban J connectivity index is 1.86. The summed E-state index contributed by atoms with van der Waals surface area (Å²) in [6.07, 6.45) is 0. The van der Waals surface area contributed by atoms with Crippen LogP contribution in [0.4, 0.5) is 0 Å². The Kier molecular flexibility index (Phi) is 6.14. The topological polar surface area (TPSA) is 105 Å². The number of nitrogens with two attached hydrogens (primary N) is 1. The van der Waals surface area contributed by atoms with Crippen LogP contribution < -0.4 is 15.8 Å². The van der Waals surface area contributed by atoms with Gasteiger partial charge in [-0.1, -0.05) is 6.07 Å². The number of hydrogen-bond acceptors (Lipinski definition) is 5. The summed E-state index contributed by atoms with van der Waals surface area (Å²) in [4.78, 5) is 38.9. The minimum atomic E-state index is -0.366. The minimum Gasteiger partial charge on any atom is -0.497 e. The smallest absolute Gasteiger partial charge is 0.254 e. The van der Waals surface area contributed by atoms with Crippen molar-refractivity contribution in [3.63, 3.8) is 0 Å². The Morgan fingerprint density at radius 1 is 1.17 bits per heavy atom. The van der Waals surface area contributed by atoms with Crippen molar-refractivity contribution in [2.45, 2.75) is 0 Å². The molecule has 0 aromatic heterocycles. The van der Waals surface area contributed by atoms with E-state index in [4.69, 9.17) is 10.5 Å². The number of rotatable bonds is 5. The number of amides is 3. The molecule has 0 aliphatic carbocycles. The second-order valence-electron chi connectivity index (χ2n) is 5.39. The fourth-order valence-corrected chi connectivity index (χ4v) is 2.46. The number of nitrogens with one attached hydrogen (secondary N) is 1. The number of carbonyl (C=O) groups excluding carboxylic acids is 3. The molecular weight excluding hydrogens is 312 g/mol. The zero-order chi connectivity index (χ0) is 17.5. The lowest BCUT2D eigenvalue weighted by Crippen LogP contribution is -2.52. The van der Waals surface area contributed by atoms with Crippen LogP contribution in [0.2, 0.25) is 0 Å². The largest absolute Gasteiger partial charge is 0.497 e. The Labute approximate surface area is 140 Å². The zero-order valence-corrected chi connectivity index (χ0v) is 13.7. The molecule has 1 fully saturated rings. The maximum Gasteiger partial charge on any atom is 0.254 e. The molecule has 24 heavy (non-hydrogen) atoms. The third-order valence-corrected chi connectivity index (χ3v) is 3.86. The predicted octanol–water partition coefficient (Wildman–Crippen LogP) is -0.945. The maximum atomic E-state index is 12.5. The van der Waals surface area contributed by atoms with Gasteiger partial charge in [0.05, 0.1) is 20.2 Å². The van der Waals surface area contributed by atoms with Gasteiger partial charge in [-0.3, -0.25) is 14.4 Å². The summed E-state index contributed by atoms with van der Waals surface area (Å²) in [7, 11) is 1.55. The quantitative estimate of drug-likeness (QED) is 0.723. The third-order valence-electron chi connectivity index (χ3n) is 3.86. The van der Waals surface area contributed by atoms with Crippen molar-refractivity contribution in [1.82, 2.24) is 15.1 Å². The molecule has 0 spiro atoms. The number of ether oxygens (including phenoxy) is 1. The Morgan fingerprint density at radius 3 is 2.46 bits per heavy atom. The monoisotopic (exact) mass is 334 g/mol. The van der Waals surface area contributed by atoms with Gasteiger partial charge < -0.3 is 25.6 Å². The van der Waals surface area contributed by atoms with Crippen LogP contribution in [0, 0.1) is 0 Å². The van der Waals surface area contributed by atoms with E-state index in [9.17, 15) is 14.4 Å². The van der Waals surface area contributed by atoms with Crippen LogP contribution in [0.5, 0.6) is 5.75 Å². The number of hydrogen-bond donors (Lipinski definition) is 2. The fraction of sp³-hybridized carbons (Fsp3) is 0.438. The molecule has 1 aromatic rings. The van der Waals surface area contributed by atoms with Gasteiger partial charge in [0.1, 0.15) is 5.75 Å². The summed E-state index contributed by atoms with van der Waals surface area (Å²) in [5.41, 5.74) is 5.73. The van der Waals surface area contributed by atoms with E-state index in [0.717, 1.165) is 0 Å². The normalized spacial score (nSPS) is 14.2. The molecule has 0 radical (unpaired) electrons. The first kappa shape index (κ1) is 17.7. The van der Waals surface area contributed by atoms with Crippen LogP contribution in [0.3, 0.4) is 0 Å². The first-order chi connectivity index (χ1) is 11.5. The van der Waals surface area contributed by atoms with E-state index in [-0.39, 0.29) is 30.8 Å². The fourth-order valence-electron chi connectivity index (χ4n) is 2.46. The lowest BCUT2D eigenvalue weighted by molar-refractivity contribution is -0.133. The van der Waals surface area contributed by atoms with E-state index < -0.39 is 0 Å². The second kappa shape index (κ2) is 8.30. The number of benzene rings is 1. The molecule has 130 valence electrons. The van der Waals surface area contributed by atoms with Crippen molar-refractivity contribution in [2.75, 3.05) is 46.4 Å². The molecule has 0 unspecified atom stereocenters. The summed E-state index contributed by atoms with van der Waals surface area (Å²) in [5.74, 6) is 0.00297. The summed E-state index contributed by atoms with van der Waals surface area (Å²) < 4.78 is 5.13. The average Bonchev–Trinajstić information content (AvgIpc) is 2.65. The van der Waals surface area contributed by atoms with Crippen LogP contribution >= 0.6 is 0 Å². The van der Waals surface area contributed by atoms with Gasteiger partial charge in [-0.15, -0.1) is 0 Å². The number of methoxy groups -OCH3 is 1. The molecule has 1 aliphatic heterocycles. The molecule has 2 rings (SSSR count). The van der Waals surface area contributed by atoms with Crippen LogP contribution in [0.1, 0.15) is 10.4 Å². The van der Waals surface area contributed by atoms with Crippen molar-refractivity contribution in [1.29, 1.82) is 0 Å². The third kappa shape index (κ3) is 4.45. The molecule has 1 saturated heterocycles. The summed E-state index contributed by atoms with van der Waals surface area (Å²) in [5, 5.41) is 2.45. The van der Waals surface area contributed by atoms with E-state index in [1.807, 2.05) is 0 Å². The highest BCUT2D eigenvalue weighted by Crippen LogP contribution is 2.15. The van der Waals surface area contributed by atoms with E-state index in [1.54, 1.807) is 41.2 Å². The van der Waals surface area contributed by atoms with Crippen molar-refractivity contribution < 1.29 is 19.1 Å². The first-order valence-corrected chi connectivity index (χ1v) is 7.73. The molecule has 0 atom stereocenters. The summed E-state index contributed by atoms with van der Waals surface area (Å²) in [6.45, 7) is 1.56. The van der Waals surface area contributed by atoms with E-state index in [2.05, 4.69) is 5.32 Å². The van der Waals surface area contributed by atoms with Crippen LogP contribution in [-0.2, 0) is 9.59 Å². The van der Waals surface area contributed by atoms with Gasteiger partial charge in [0, 0.05) is 31.7 Å². The van der Waals surface area contributed by atoms with Crippen LogP contribution in [-0.4, -0.2) is 73.9 Å². The van der Waals surface area contributed by atoms with E-state index in [1.165, 1.54) is 0 Å². The molecule has 0 bridgehead atoms. The van der Waals surface area contributed by atoms with Gasteiger partial charge in [0.25, 0.3) is 5.91 Å². The average molecular weight is 334 g/mol. The van der Waals surface area contributed by atoms with Gasteiger partial charge in [-0.2, -0.15) is 0 Å².